The number of aryl methyl sites for hydroxylation is 1. The van der Waals surface area contributed by atoms with Crippen LogP contribution in [0.4, 0.5) is 0 Å². The van der Waals surface area contributed by atoms with Gasteiger partial charge in [-0.25, -0.2) is 0 Å². The third-order valence-electron chi connectivity index (χ3n) is 4.00. The lowest BCUT2D eigenvalue weighted by Crippen LogP contribution is -2.41. The van der Waals surface area contributed by atoms with Gasteiger partial charge in [-0.3, -0.25) is 4.99 Å². The van der Waals surface area contributed by atoms with Crippen molar-refractivity contribution in [3.05, 3.63) is 53.6 Å². The molecule has 146 valence electrons. The van der Waals surface area contributed by atoms with Crippen molar-refractivity contribution >= 4 is 29.9 Å². The van der Waals surface area contributed by atoms with E-state index >= 15 is 0 Å². The van der Waals surface area contributed by atoms with Crippen LogP contribution in [0, 0.1) is 6.92 Å². The zero-order valence-electron chi connectivity index (χ0n) is 15.8. The smallest absolute Gasteiger partial charge is 0.231 e. The van der Waals surface area contributed by atoms with Gasteiger partial charge >= 0.3 is 0 Å². The molecule has 0 saturated heterocycles. The Morgan fingerprint density at radius 1 is 1.15 bits per heavy atom. The summed E-state index contributed by atoms with van der Waals surface area (Å²) >= 11 is 0. The monoisotopic (exact) mass is 483 g/mol. The van der Waals surface area contributed by atoms with Crippen LogP contribution in [0.5, 0.6) is 17.2 Å². The van der Waals surface area contributed by atoms with E-state index in [-0.39, 0.29) is 36.9 Å². The van der Waals surface area contributed by atoms with E-state index < -0.39 is 0 Å². The molecule has 0 spiro atoms. The lowest BCUT2D eigenvalue weighted by Gasteiger charge is -2.18. The third-order valence-corrected chi connectivity index (χ3v) is 4.00. The van der Waals surface area contributed by atoms with Crippen molar-refractivity contribution in [3.63, 3.8) is 0 Å². The van der Waals surface area contributed by atoms with Gasteiger partial charge in [-0.2, -0.15) is 0 Å². The van der Waals surface area contributed by atoms with Gasteiger partial charge in [-0.05, 0) is 49.2 Å². The number of ether oxygens (including phenoxy) is 3. The maximum atomic E-state index is 5.93. The fourth-order valence-electron chi connectivity index (χ4n) is 2.66. The highest BCUT2D eigenvalue weighted by Crippen LogP contribution is 2.32. The summed E-state index contributed by atoms with van der Waals surface area (Å²) in [5.74, 6) is 3.18. The maximum Gasteiger partial charge on any atom is 0.231 e. The highest BCUT2D eigenvalue weighted by molar-refractivity contribution is 14.0. The molecule has 1 heterocycles. The maximum absolute atomic E-state index is 5.93. The molecule has 2 N–H and O–H groups in total. The lowest BCUT2D eigenvalue weighted by molar-refractivity contribution is 0.174. The number of nitrogens with one attached hydrogen (secondary N) is 2. The molecular weight excluding hydrogens is 457 g/mol. The summed E-state index contributed by atoms with van der Waals surface area (Å²) in [6, 6.07) is 14.0. The molecule has 0 bridgehead atoms. The summed E-state index contributed by atoms with van der Waals surface area (Å²) in [6.07, 6.45) is 0.0147. The molecule has 1 unspecified atom stereocenters. The fraction of sp³-hybridized carbons (Fsp3) is 0.350. The van der Waals surface area contributed by atoms with Gasteiger partial charge in [0.1, 0.15) is 11.9 Å². The first-order valence-corrected chi connectivity index (χ1v) is 8.70. The number of hydrogen-bond donors (Lipinski definition) is 2. The van der Waals surface area contributed by atoms with Crippen molar-refractivity contribution in [1.29, 1.82) is 0 Å². The SMILES string of the molecule is CN=C(NCc1ccc2c(c1)OCO2)NCC(C)Oc1cccc(C)c1.I. The fourth-order valence-corrected chi connectivity index (χ4v) is 2.66. The van der Waals surface area contributed by atoms with E-state index in [2.05, 4.69) is 28.6 Å². The van der Waals surface area contributed by atoms with Gasteiger partial charge in [0.05, 0.1) is 6.54 Å². The molecule has 1 aliphatic rings. The Labute approximate surface area is 177 Å². The molecule has 3 rings (SSSR count). The molecule has 6 nitrogen and oxygen atoms in total. The molecule has 1 atom stereocenters. The Bertz CT molecular complexity index is 783. The van der Waals surface area contributed by atoms with Crippen molar-refractivity contribution in [3.8, 4) is 17.2 Å². The Kier molecular flexibility index (Phi) is 8.02. The highest BCUT2D eigenvalue weighted by atomic mass is 127. The normalized spacial score (nSPS) is 13.5. The van der Waals surface area contributed by atoms with Gasteiger partial charge < -0.3 is 24.8 Å². The first-order valence-electron chi connectivity index (χ1n) is 8.70. The van der Waals surface area contributed by atoms with Gasteiger partial charge in [0.25, 0.3) is 0 Å². The molecule has 2 aromatic rings. The summed E-state index contributed by atoms with van der Waals surface area (Å²) in [7, 11) is 1.75. The summed E-state index contributed by atoms with van der Waals surface area (Å²) < 4.78 is 16.7. The number of aliphatic imine (C=N–C) groups is 1. The van der Waals surface area contributed by atoms with Gasteiger partial charge in [0.15, 0.2) is 17.5 Å². The number of nitrogens with zero attached hydrogens (tertiary/aromatic N) is 1. The number of rotatable bonds is 6. The predicted octanol–water partition coefficient (Wildman–Crippen LogP) is 3.47. The number of benzene rings is 2. The molecule has 0 aliphatic carbocycles. The van der Waals surface area contributed by atoms with Crippen LogP contribution in [-0.2, 0) is 6.54 Å². The van der Waals surface area contributed by atoms with E-state index in [1.807, 2.05) is 43.3 Å². The second kappa shape index (κ2) is 10.2. The Morgan fingerprint density at radius 3 is 2.74 bits per heavy atom. The standard InChI is InChI=1S/C20H25N3O3.HI/c1-14-5-4-6-17(9-14)26-15(2)11-22-20(21-3)23-12-16-7-8-18-19(10-16)25-13-24-18;/h4-10,15H,11-13H2,1-3H3,(H2,21,22,23);1H. The van der Waals surface area contributed by atoms with Crippen molar-refractivity contribution in [2.24, 2.45) is 4.99 Å². The third kappa shape index (κ3) is 6.20. The molecule has 7 heteroatoms. The Morgan fingerprint density at radius 2 is 1.96 bits per heavy atom. The molecule has 1 aliphatic heterocycles. The van der Waals surface area contributed by atoms with Crippen LogP contribution in [0.25, 0.3) is 0 Å². The van der Waals surface area contributed by atoms with Gasteiger partial charge in [0, 0.05) is 13.6 Å². The molecule has 27 heavy (non-hydrogen) atoms. The Hall–Kier alpha value is -2.16. The van der Waals surface area contributed by atoms with E-state index in [1.165, 1.54) is 5.56 Å². The second-order valence-electron chi connectivity index (χ2n) is 6.24. The van der Waals surface area contributed by atoms with E-state index in [1.54, 1.807) is 7.05 Å². The molecule has 0 radical (unpaired) electrons. The van der Waals surface area contributed by atoms with Crippen LogP contribution in [0.2, 0.25) is 0 Å². The average Bonchev–Trinajstić information content (AvgIpc) is 3.09. The minimum Gasteiger partial charge on any atom is -0.489 e. The van der Waals surface area contributed by atoms with Crippen LogP contribution >= 0.6 is 24.0 Å². The average molecular weight is 483 g/mol. The minimum absolute atomic E-state index is 0. The topological polar surface area (TPSA) is 64.1 Å². The predicted molar refractivity (Wildman–Crippen MR) is 117 cm³/mol. The summed E-state index contributed by atoms with van der Waals surface area (Å²) in [5, 5.41) is 6.58. The van der Waals surface area contributed by atoms with Crippen LogP contribution in [0.3, 0.4) is 0 Å². The first-order chi connectivity index (χ1) is 12.6. The number of fused-ring (bicyclic) bond motifs is 1. The first kappa shape index (κ1) is 21.1. The minimum atomic E-state index is 0. The lowest BCUT2D eigenvalue weighted by atomic mass is 10.2. The van der Waals surface area contributed by atoms with Crippen molar-refractivity contribution in [1.82, 2.24) is 10.6 Å². The molecule has 2 aromatic carbocycles. The van der Waals surface area contributed by atoms with Crippen LogP contribution in [0.15, 0.2) is 47.5 Å². The van der Waals surface area contributed by atoms with Crippen LogP contribution in [-0.4, -0.2) is 32.4 Å². The van der Waals surface area contributed by atoms with E-state index in [0.717, 1.165) is 28.8 Å². The van der Waals surface area contributed by atoms with E-state index in [0.29, 0.717) is 13.1 Å². The number of halogens is 1. The Balaban J connectivity index is 0.00000261. The second-order valence-corrected chi connectivity index (χ2v) is 6.24. The van der Waals surface area contributed by atoms with Crippen LogP contribution < -0.4 is 24.8 Å². The van der Waals surface area contributed by atoms with Crippen molar-refractivity contribution in [2.45, 2.75) is 26.5 Å². The summed E-state index contributed by atoms with van der Waals surface area (Å²) in [4.78, 5) is 4.25. The van der Waals surface area contributed by atoms with Gasteiger partial charge in [-0.15, -0.1) is 24.0 Å². The van der Waals surface area contributed by atoms with Gasteiger partial charge in [0.2, 0.25) is 6.79 Å². The molecule has 0 aromatic heterocycles. The zero-order chi connectivity index (χ0) is 18.4. The zero-order valence-corrected chi connectivity index (χ0v) is 18.2. The van der Waals surface area contributed by atoms with E-state index in [4.69, 9.17) is 14.2 Å². The molecule has 0 saturated carbocycles. The molecule has 0 fully saturated rings. The molecular formula is C20H26IN3O3. The molecule has 0 amide bonds. The summed E-state index contributed by atoms with van der Waals surface area (Å²) in [6.45, 7) is 5.66. The number of guanidine groups is 1. The van der Waals surface area contributed by atoms with Gasteiger partial charge in [-0.1, -0.05) is 18.2 Å². The highest BCUT2D eigenvalue weighted by Gasteiger charge is 2.13. The number of hydrogen-bond acceptors (Lipinski definition) is 4. The van der Waals surface area contributed by atoms with Crippen molar-refractivity contribution < 1.29 is 14.2 Å². The van der Waals surface area contributed by atoms with Crippen molar-refractivity contribution in [2.75, 3.05) is 20.4 Å². The summed E-state index contributed by atoms with van der Waals surface area (Å²) in [5.41, 5.74) is 2.28. The van der Waals surface area contributed by atoms with E-state index in [9.17, 15) is 0 Å². The largest absolute Gasteiger partial charge is 0.489 e. The van der Waals surface area contributed by atoms with Crippen LogP contribution in [0.1, 0.15) is 18.1 Å². The quantitative estimate of drug-likeness (QED) is 0.375.